The van der Waals surface area contributed by atoms with Gasteiger partial charge < -0.3 is 10.3 Å². The Kier molecular flexibility index (Phi) is 4.36. The molecule has 1 aliphatic rings. The van der Waals surface area contributed by atoms with Crippen LogP contribution in [0.4, 0.5) is 0 Å². The SMILES string of the molecule is CCCNC1CCCN(S(=O)(=O)c2cnc[nH]2)C1. The van der Waals surface area contributed by atoms with E-state index in [1.807, 2.05) is 0 Å². The van der Waals surface area contributed by atoms with Crippen LogP contribution in [0.3, 0.4) is 0 Å². The molecule has 0 radical (unpaired) electrons. The summed E-state index contributed by atoms with van der Waals surface area (Å²) in [6.45, 7) is 4.17. The Morgan fingerprint density at radius 1 is 1.61 bits per heavy atom. The van der Waals surface area contributed by atoms with Crippen LogP contribution in [0.2, 0.25) is 0 Å². The molecule has 2 N–H and O–H groups in total. The number of rotatable bonds is 5. The summed E-state index contributed by atoms with van der Waals surface area (Å²) in [5.74, 6) is 0. The molecule has 0 aromatic carbocycles. The molecule has 2 heterocycles. The van der Waals surface area contributed by atoms with Crippen LogP contribution in [-0.2, 0) is 10.0 Å². The minimum atomic E-state index is -3.40. The van der Waals surface area contributed by atoms with Gasteiger partial charge >= 0.3 is 0 Å². The molecule has 0 spiro atoms. The number of H-pyrrole nitrogens is 1. The zero-order valence-electron chi connectivity index (χ0n) is 10.6. The summed E-state index contributed by atoms with van der Waals surface area (Å²) in [4.78, 5) is 6.45. The third kappa shape index (κ3) is 2.90. The van der Waals surface area contributed by atoms with Gasteiger partial charge in [0.2, 0.25) is 0 Å². The second-order valence-corrected chi connectivity index (χ2v) is 6.48. The predicted molar refractivity (Wildman–Crippen MR) is 68.7 cm³/mol. The Labute approximate surface area is 108 Å². The average molecular weight is 272 g/mol. The van der Waals surface area contributed by atoms with E-state index in [9.17, 15) is 8.42 Å². The van der Waals surface area contributed by atoms with Crippen molar-refractivity contribution in [2.45, 2.75) is 37.3 Å². The van der Waals surface area contributed by atoms with E-state index < -0.39 is 10.0 Å². The lowest BCUT2D eigenvalue weighted by molar-refractivity contribution is 0.283. The molecule has 1 unspecified atom stereocenters. The summed E-state index contributed by atoms with van der Waals surface area (Å²) in [7, 11) is -3.40. The van der Waals surface area contributed by atoms with Gasteiger partial charge in [0, 0.05) is 19.1 Å². The summed E-state index contributed by atoms with van der Waals surface area (Å²) < 4.78 is 26.1. The van der Waals surface area contributed by atoms with Crippen molar-refractivity contribution in [3.8, 4) is 0 Å². The van der Waals surface area contributed by atoms with Crippen LogP contribution in [0.15, 0.2) is 17.6 Å². The number of aromatic amines is 1. The highest BCUT2D eigenvalue weighted by Crippen LogP contribution is 2.18. The smallest absolute Gasteiger partial charge is 0.260 e. The van der Waals surface area contributed by atoms with Gasteiger partial charge in [0.25, 0.3) is 10.0 Å². The summed E-state index contributed by atoms with van der Waals surface area (Å²) in [6, 6.07) is 0.261. The van der Waals surface area contributed by atoms with Crippen molar-refractivity contribution >= 4 is 10.0 Å². The summed E-state index contributed by atoms with van der Waals surface area (Å²) >= 11 is 0. The molecule has 0 aliphatic carbocycles. The zero-order chi connectivity index (χ0) is 13.0. The fourth-order valence-electron chi connectivity index (χ4n) is 2.20. The minimum absolute atomic E-state index is 0.179. The maximum absolute atomic E-state index is 12.3. The van der Waals surface area contributed by atoms with Gasteiger partial charge in [-0.15, -0.1) is 0 Å². The molecule has 1 aromatic rings. The van der Waals surface area contributed by atoms with Gasteiger partial charge in [-0.25, -0.2) is 13.4 Å². The van der Waals surface area contributed by atoms with Crippen molar-refractivity contribution in [1.29, 1.82) is 0 Å². The molecule has 0 amide bonds. The van der Waals surface area contributed by atoms with Gasteiger partial charge in [-0.05, 0) is 25.8 Å². The fourth-order valence-corrected chi connectivity index (χ4v) is 3.62. The molecular weight excluding hydrogens is 252 g/mol. The molecule has 1 aromatic heterocycles. The molecule has 1 fully saturated rings. The quantitative estimate of drug-likeness (QED) is 0.821. The second kappa shape index (κ2) is 5.81. The summed E-state index contributed by atoms with van der Waals surface area (Å²) in [5, 5.41) is 3.57. The van der Waals surface area contributed by atoms with Crippen molar-refractivity contribution in [2.75, 3.05) is 19.6 Å². The Bertz CT molecular complexity index is 457. The van der Waals surface area contributed by atoms with Crippen LogP contribution < -0.4 is 5.32 Å². The maximum atomic E-state index is 12.3. The third-order valence-electron chi connectivity index (χ3n) is 3.16. The first-order chi connectivity index (χ1) is 8.64. The number of hydrogen-bond acceptors (Lipinski definition) is 4. The Morgan fingerprint density at radius 2 is 2.44 bits per heavy atom. The normalized spacial score (nSPS) is 22.2. The molecule has 7 heteroatoms. The number of hydrogen-bond donors (Lipinski definition) is 2. The van der Waals surface area contributed by atoms with Crippen molar-refractivity contribution in [1.82, 2.24) is 19.6 Å². The van der Waals surface area contributed by atoms with Crippen LogP contribution in [0.1, 0.15) is 26.2 Å². The first-order valence-corrected chi connectivity index (χ1v) is 7.80. The van der Waals surface area contributed by atoms with Crippen molar-refractivity contribution < 1.29 is 8.42 Å². The van der Waals surface area contributed by atoms with E-state index >= 15 is 0 Å². The number of piperidine rings is 1. The van der Waals surface area contributed by atoms with Gasteiger partial charge in [0.05, 0.1) is 12.5 Å². The summed E-state index contributed by atoms with van der Waals surface area (Å²) in [6.07, 6.45) is 5.75. The van der Waals surface area contributed by atoms with E-state index in [1.54, 1.807) is 0 Å². The van der Waals surface area contributed by atoms with E-state index in [2.05, 4.69) is 22.2 Å². The lowest BCUT2D eigenvalue weighted by Gasteiger charge is -2.32. The fraction of sp³-hybridized carbons (Fsp3) is 0.727. The van der Waals surface area contributed by atoms with Gasteiger partial charge in [-0.1, -0.05) is 6.92 Å². The molecular formula is C11H20N4O2S. The van der Waals surface area contributed by atoms with Crippen molar-refractivity contribution in [3.05, 3.63) is 12.5 Å². The van der Waals surface area contributed by atoms with Crippen LogP contribution in [0.25, 0.3) is 0 Å². The zero-order valence-corrected chi connectivity index (χ0v) is 11.4. The molecule has 1 atom stereocenters. The van der Waals surface area contributed by atoms with Crippen LogP contribution in [0.5, 0.6) is 0 Å². The Hall–Kier alpha value is -0.920. The highest BCUT2D eigenvalue weighted by atomic mass is 32.2. The van der Waals surface area contributed by atoms with E-state index in [4.69, 9.17) is 0 Å². The number of imidazole rings is 1. The van der Waals surface area contributed by atoms with Crippen LogP contribution in [0, 0.1) is 0 Å². The molecule has 18 heavy (non-hydrogen) atoms. The third-order valence-corrected chi connectivity index (χ3v) is 4.95. The molecule has 6 nitrogen and oxygen atoms in total. The standard InChI is InChI=1S/C11H20N4O2S/c1-2-5-13-10-4-3-6-15(8-10)18(16,17)11-7-12-9-14-11/h7,9-10,13H,2-6,8H2,1H3,(H,12,14). The molecule has 0 saturated carbocycles. The number of sulfonamides is 1. The van der Waals surface area contributed by atoms with Gasteiger partial charge in [0.15, 0.2) is 5.03 Å². The highest BCUT2D eigenvalue weighted by Gasteiger charge is 2.30. The monoisotopic (exact) mass is 272 g/mol. The first kappa shape index (κ1) is 13.5. The van der Waals surface area contributed by atoms with E-state index in [0.717, 1.165) is 25.8 Å². The summed E-state index contributed by atoms with van der Waals surface area (Å²) in [5.41, 5.74) is 0. The maximum Gasteiger partial charge on any atom is 0.260 e. The molecule has 102 valence electrons. The highest BCUT2D eigenvalue weighted by molar-refractivity contribution is 7.89. The molecule has 1 saturated heterocycles. The first-order valence-electron chi connectivity index (χ1n) is 6.36. The number of nitrogens with zero attached hydrogens (tertiary/aromatic N) is 2. The van der Waals surface area contributed by atoms with Gasteiger partial charge in [-0.3, -0.25) is 0 Å². The lowest BCUT2D eigenvalue weighted by Crippen LogP contribution is -2.48. The Balaban J connectivity index is 2.04. The van der Waals surface area contributed by atoms with Crippen molar-refractivity contribution in [3.63, 3.8) is 0 Å². The van der Waals surface area contributed by atoms with Gasteiger partial charge in [0.1, 0.15) is 0 Å². The average Bonchev–Trinajstić information content (AvgIpc) is 2.91. The molecule has 1 aliphatic heterocycles. The lowest BCUT2D eigenvalue weighted by atomic mass is 10.1. The van der Waals surface area contributed by atoms with Gasteiger partial charge in [-0.2, -0.15) is 4.31 Å². The van der Waals surface area contributed by atoms with E-state index in [1.165, 1.54) is 16.8 Å². The largest absolute Gasteiger partial charge is 0.335 e. The van der Waals surface area contributed by atoms with Crippen LogP contribution in [-0.4, -0.2) is 48.4 Å². The van der Waals surface area contributed by atoms with Crippen LogP contribution >= 0.6 is 0 Å². The number of nitrogens with one attached hydrogen (secondary N) is 2. The van der Waals surface area contributed by atoms with Crippen molar-refractivity contribution in [2.24, 2.45) is 0 Å². The molecule has 0 bridgehead atoms. The number of aromatic nitrogens is 2. The van der Waals surface area contributed by atoms with E-state index in [-0.39, 0.29) is 11.1 Å². The topological polar surface area (TPSA) is 78.1 Å². The Morgan fingerprint density at radius 3 is 3.11 bits per heavy atom. The molecule has 2 rings (SSSR count). The minimum Gasteiger partial charge on any atom is -0.335 e. The second-order valence-electron chi connectivity index (χ2n) is 4.57. The predicted octanol–water partition coefficient (Wildman–Crippen LogP) is 0.562. The van der Waals surface area contributed by atoms with E-state index in [0.29, 0.717) is 13.1 Å².